The molecule has 0 aliphatic heterocycles. The fraction of sp³-hybridized carbons (Fsp3) is 0.579. The fourth-order valence-corrected chi connectivity index (χ4v) is 3.06. The average Bonchev–Trinajstić information content (AvgIpc) is 3.48. The van der Waals surface area contributed by atoms with Crippen molar-refractivity contribution in [2.24, 2.45) is 11.8 Å². The van der Waals surface area contributed by atoms with Crippen LogP contribution in [0.3, 0.4) is 0 Å². The molecule has 0 radical (unpaired) electrons. The quantitative estimate of drug-likeness (QED) is 0.652. The third-order valence-electron chi connectivity index (χ3n) is 4.70. The maximum Gasteiger partial charge on any atom is 0.251 e. The number of benzene rings is 1. The molecule has 1 aromatic carbocycles. The molecule has 0 unspecified atom stereocenters. The molecule has 5 nitrogen and oxygen atoms in total. The van der Waals surface area contributed by atoms with Crippen molar-refractivity contribution < 1.29 is 9.59 Å². The Balaban J connectivity index is 1.48. The van der Waals surface area contributed by atoms with Gasteiger partial charge in [0.2, 0.25) is 5.91 Å². The number of anilines is 1. The van der Waals surface area contributed by atoms with Crippen LogP contribution in [0.2, 0.25) is 0 Å². The van der Waals surface area contributed by atoms with Gasteiger partial charge < -0.3 is 16.0 Å². The molecule has 2 aliphatic carbocycles. The molecule has 0 atom stereocenters. The number of hydrogen-bond donors (Lipinski definition) is 3. The summed E-state index contributed by atoms with van der Waals surface area (Å²) in [6.45, 7) is 2.94. The van der Waals surface area contributed by atoms with E-state index in [0.717, 1.165) is 12.1 Å². The fourth-order valence-electron chi connectivity index (χ4n) is 3.06. The van der Waals surface area contributed by atoms with E-state index in [1.807, 2.05) is 19.1 Å². The summed E-state index contributed by atoms with van der Waals surface area (Å²) < 4.78 is 0. The molecule has 1 aromatic rings. The minimum absolute atomic E-state index is 0.0413. The normalized spacial score (nSPS) is 16.8. The van der Waals surface area contributed by atoms with Gasteiger partial charge in [-0.2, -0.15) is 0 Å². The first-order valence-corrected chi connectivity index (χ1v) is 9.09. The van der Waals surface area contributed by atoms with E-state index in [2.05, 4.69) is 16.0 Å². The Morgan fingerprint density at radius 2 is 1.88 bits per heavy atom. The highest BCUT2D eigenvalue weighted by molar-refractivity contribution is 5.95. The summed E-state index contributed by atoms with van der Waals surface area (Å²) in [5.74, 6) is 1.37. The van der Waals surface area contributed by atoms with Gasteiger partial charge in [-0.25, -0.2) is 0 Å². The predicted molar refractivity (Wildman–Crippen MR) is 94.9 cm³/mol. The van der Waals surface area contributed by atoms with Gasteiger partial charge in [-0.3, -0.25) is 9.59 Å². The second-order valence-corrected chi connectivity index (χ2v) is 6.96. The smallest absolute Gasteiger partial charge is 0.251 e. The Hall–Kier alpha value is -2.04. The first-order valence-electron chi connectivity index (χ1n) is 9.09. The molecule has 2 saturated carbocycles. The Morgan fingerprint density at radius 3 is 2.50 bits per heavy atom. The van der Waals surface area contributed by atoms with Gasteiger partial charge in [0.25, 0.3) is 5.91 Å². The molecule has 0 bridgehead atoms. The first-order chi connectivity index (χ1) is 11.7. The van der Waals surface area contributed by atoms with Crippen LogP contribution < -0.4 is 16.0 Å². The number of hydrogen-bond acceptors (Lipinski definition) is 3. The summed E-state index contributed by atoms with van der Waals surface area (Å²) in [7, 11) is 0. The summed E-state index contributed by atoms with van der Waals surface area (Å²) in [4.78, 5) is 24.2. The zero-order chi connectivity index (χ0) is 16.9. The van der Waals surface area contributed by atoms with Crippen LogP contribution in [0.15, 0.2) is 24.3 Å². The molecule has 3 rings (SSSR count). The highest BCUT2D eigenvalue weighted by atomic mass is 16.2. The average molecular weight is 329 g/mol. The summed E-state index contributed by atoms with van der Waals surface area (Å²) in [6, 6.07) is 7.66. The Labute approximate surface area is 143 Å². The second kappa shape index (κ2) is 7.69. The topological polar surface area (TPSA) is 70.2 Å². The van der Waals surface area contributed by atoms with Gasteiger partial charge >= 0.3 is 0 Å². The van der Waals surface area contributed by atoms with Gasteiger partial charge in [0.1, 0.15) is 0 Å². The van der Waals surface area contributed by atoms with Crippen LogP contribution in [0.4, 0.5) is 5.69 Å². The lowest BCUT2D eigenvalue weighted by molar-refractivity contribution is -0.120. The molecule has 3 N–H and O–H groups in total. The molecule has 2 amide bonds. The van der Waals surface area contributed by atoms with Gasteiger partial charge in [0, 0.05) is 23.8 Å². The molecule has 2 fully saturated rings. The lowest BCUT2D eigenvalue weighted by atomic mass is 10.1. The minimum Gasteiger partial charge on any atom is -0.376 e. The van der Waals surface area contributed by atoms with E-state index in [-0.39, 0.29) is 18.4 Å². The number of carbonyl (C=O) groups excluding carboxylic acids is 2. The van der Waals surface area contributed by atoms with E-state index >= 15 is 0 Å². The van der Waals surface area contributed by atoms with Crippen molar-refractivity contribution in [2.45, 2.75) is 45.1 Å². The van der Waals surface area contributed by atoms with Crippen LogP contribution >= 0.6 is 0 Å². The van der Waals surface area contributed by atoms with Crippen molar-refractivity contribution >= 4 is 17.5 Å². The maximum absolute atomic E-state index is 12.2. The van der Waals surface area contributed by atoms with Crippen LogP contribution in [0.1, 0.15) is 49.4 Å². The van der Waals surface area contributed by atoms with Crippen molar-refractivity contribution in [1.82, 2.24) is 10.6 Å². The lowest BCUT2D eigenvalue weighted by Crippen LogP contribution is -2.41. The Bertz CT molecular complexity index is 582. The second-order valence-electron chi connectivity index (χ2n) is 6.96. The molecule has 24 heavy (non-hydrogen) atoms. The van der Waals surface area contributed by atoms with Crippen molar-refractivity contribution in [2.75, 3.05) is 18.4 Å². The SMILES string of the molecule is CCCNC(=O)c1cccc(NCC(=O)NC(C2CC2)C2CC2)c1. The molecule has 0 spiro atoms. The number of nitrogens with one attached hydrogen (secondary N) is 3. The molecule has 0 heterocycles. The summed E-state index contributed by atoms with van der Waals surface area (Å²) >= 11 is 0. The van der Waals surface area contributed by atoms with E-state index in [1.54, 1.807) is 12.1 Å². The van der Waals surface area contributed by atoms with E-state index < -0.39 is 0 Å². The molecular formula is C19H27N3O2. The third kappa shape index (κ3) is 4.73. The standard InChI is InChI=1S/C19H27N3O2/c1-2-10-20-19(24)15-4-3-5-16(11-15)21-12-17(23)22-18(13-6-7-13)14-8-9-14/h3-5,11,13-14,18,21H,2,6-10,12H2,1H3,(H,20,24)(H,22,23). The van der Waals surface area contributed by atoms with Crippen molar-refractivity contribution in [3.05, 3.63) is 29.8 Å². The van der Waals surface area contributed by atoms with E-state index in [9.17, 15) is 9.59 Å². The van der Waals surface area contributed by atoms with Gasteiger partial charge in [0.05, 0.1) is 6.54 Å². The Morgan fingerprint density at radius 1 is 1.17 bits per heavy atom. The van der Waals surface area contributed by atoms with E-state index in [0.29, 0.717) is 30.0 Å². The first kappa shape index (κ1) is 16.8. The molecule has 130 valence electrons. The van der Waals surface area contributed by atoms with Gasteiger partial charge in [-0.1, -0.05) is 13.0 Å². The molecule has 2 aliphatic rings. The Kier molecular flexibility index (Phi) is 5.38. The van der Waals surface area contributed by atoms with E-state index in [4.69, 9.17) is 0 Å². The number of amides is 2. The van der Waals surface area contributed by atoms with Gasteiger partial charge in [-0.05, 0) is 62.1 Å². The monoisotopic (exact) mass is 329 g/mol. The van der Waals surface area contributed by atoms with Crippen molar-refractivity contribution in [3.63, 3.8) is 0 Å². The van der Waals surface area contributed by atoms with Crippen LogP contribution in [0.25, 0.3) is 0 Å². The zero-order valence-corrected chi connectivity index (χ0v) is 14.3. The van der Waals surface area contributed by atoms with Crippen LogP contribution in [-0.4, -0.2) is 30.9 Å². The van der Waals surface area contributed by atoms with Gasteiger partial charge in [0.15, 0.2) is 0 Å². The molecule has 0 aromatic heterocycles. The maximum atomic E-state index is 12.2. The summed E-state index contributed by atoms with van der Waals surface area (Å²) in [5, 5.41) is 9.18. The van der Waals surface area contributed by atoms with E-state index in [1.165, 1.54) is 25.7 Å². The van der Waals surface area contributed by atoms with Crippen molar-refractivity contribution in [1.29, 1.82) is 0 Å². The third-order valence-corrected chi connectivity index (χ3v) is 4.70. The lowest BCUT2D eigenvalue weighted by Gasteiger charge is -2.18. The molecular weight excluding hydrogens is 302 g/mol. The molecule has 5 heteroatoms. The van der Waals surface area contributed by atoms with Crippen LogP contribution in [-0.2, 0) is 4.79 Å². The van der Waals surface area contributed by atoms with Crippen LogP contribution in [0.5, 0.6) is 0 Å². The largest absolute Gasteiger partial charge is 0.376 e. The van der Waals surface area contributed by atoms with Crippen molar-refractivity contribution in [3.8, 4) is 0 Å². The van der Waals surface area contributed by atoms with Crippen LogP contribution in [0, 0.1) is 11.8 Å². The zero-order valence-electron chi connectivity index (χ0n) is 14.3. The predicted octanol–water partition coefficient (Wildman–Crippen LogP) is 2.54. The summed E-state index contributed by atoms with van der Waals surface area (Å²) in [6.07, 6.45) is 5.92. The van der Waals surface area contributed by atoms with Gasteiger partial charge in [-0.15, -0.1) is 0 Å². The minimum atomic E-state index is -0.0764. The highest BCUT2D eigenvalue weighted by Gasteiger charge is 2.42. The highest BCUT2D eigenvalue weighted by Crippen LogP contribution is 2.44. The number of carbonyl (C=O) groups is 2. The molecule has 0 saturated heterocycles. The number of rotatable bonds is 9. The summed E-state index contributed by atoms with van der Waals surface area (Å²) in [5.41, 5.74) is 1.41.